The number of nitrogens with two attached hydrogens (primary N) is 2. The Bertz CT molecular complexity index is 3520. The van der Waals surface area contributed by atoms with Gasteiger partial charge in [-0.1, -0.05) is 48.6 Å². The third-order valence-electron chi connectivity index (χ3n) is 21.5. The first kappa shape index (κ1) is 80.0. The van der Waals surface area contributed by atoms with Crippen molar-refractivity contribution >= 4 is 101 Å². The number of cyclic esters (lactones) is 2. The lowest BCUT2D eigenvalue weighted by atomic mass is 9.59. The molecule has 18 aliphatic rings. The van der Waals surface area contributed by atoms with E-state index >= 15 is 0 Å². The van der Waals surface area contributed by atoms with Crippen LogP contribution in [0.2, 0.25) is 0 Å². The van der Waals surface area contributed by atoms with Crippen LogP contribution in [0.15, 0.2) is 109 Å². The number of esters is 2. The van der Waals surface area contributed by atoms with Crippen molar-refractivity contribution in [2.24, 2.45) is 118 Å². The standard InChI is InChI=1S/C19H17F3N2O3.C12H16N2O2.C11H14N2O2.C9H7F3O.C7H8.C5H6N2O2.C4H2O3.CH6N2.3H3P/c20-19(21,22)9-3-1-8(2-4-9)16(25)23-24-17(26)14-10-5-6-11(13-7-12(10)13)15(14)18(24)27;1-13-14-11(15)9-5-2-3-6(8-4-7(5)8)10(9)12(14)16;12-13-10(14)8-4-1-2-5(7-3-6(4)7)9(8)11(13)15;1-6(13)7-2-4-8(5-3-7)9(10,11)12;1-2-4-6-7-5-3-1;1-6-7-4(8)2-3-5(7)9;5-3-1-2-4(6)7-3;1-3-2;;;/h1-4,10-15H,5-7H2,(H,23,25);5-10,13H,2-4H2,1H3;4-9H,1-3,12H2;2-5H,1H3;1-6H,7H2;2-3,6H,1H3;1-2H;3H,2H2,1H3;3*1H3/t10?,11?,12-,13+,14+,15-;5?,6?,7-,8+,9+,10-;4?,5?,6-,7+,8+,9-;;;;;;;;. The maximum atomic E-state index is 12.8. The average molecular weight is 1460 g/mol. The van der Waals surface area contributed by atoms with Gasteiger partial charge >= 0.3 is 24.3 Å². The molecule has 542 valence electrons. The molecule has 5 aliphatic heterocycles. The minimum atomic E-state index is -4.49. The second-order valence-electron chi connectivity index (χ2n) is 26.4. The quantitative estimate of drug-likeness (QED) is 0.0228. The molecule has 21 atom stereocenters. The molecule has 20 rings (SSSR count). The van der Waals surface area contributed by atoms with Crippen LogP contribution in [0.5, 0.6) is 0 Å². The number of imide groups is 4. The Labute approximate surface area is 582 Å². The van der Waals surface area contributed by atoms with Gasteiger partial charge in [0.1, 0.15) is 0 Å². The van der Waals surface area contributed by atoms with Gasteiger partial charge in [0, 0.05) is 49.5 Å². The molecule has 9 amide bonds. The van der Waals surface area contributed by atoms with Gasteiger partial charge in [-0.05, 0) is 186 Å². The van der Waals surface area contributed by atoms with E-state index in [4.69, 9.17) is 5.84 Å². The van der Waals surface area contributed by atoms with Crippen LogP contribution in [0.25, 0.3) is 0 Å². The maximum Gasteiger partial charge on any atom is 0.416 e. The summed E-state index contributed by atoms with van der Waals surface area (Å²) in [6.45, 7) is 1.31. The first-order valence-electron chi connectivity index (χ1n) is 32.3. The molecular formula is C68H85F6N10O13P3. The van der Waals surface area contributed by atoms with E-state index in [1.165, 1.54) is 68.9 Å². The molecule has 12 saturated carbocycles. The summed E-state index contributed by atoms with van der Waals surface area (Å²) in [6, 6.07) is 7.82. The van der Waals surface area contributed by atoms with Gasteiger partial charge in [0.05, 0.1) is 46.6 Å². The zero-order valence-electron chi connectivity index (χ0n) is 55.5. The third-order valence-corrected chi connectivity index (χ3v) is 21.5. The van der Waals surface area contributed by atoms with Crippen LogP contribution in [0.3, 0.4) is 0 Å². The molecule has 32 heteroatoms. The van der Waals surface area contributed by atoms with E-state index in [-0.39, 0.29) is 141 Å². The zero-order chi connectivity index (χ0) is 70.3. The summed E-state index contributed by atoms with van der Waals surface area (Å²) < 4.78 is 78.0. The van der Waals surface area contributed by atoms with Crippen molar-refractivity contribution < 1.29 is 88.6 Å². The average Bonchev–Trinajstić information content (AvgIpc) is 1.55. The Kier molecular flexibility index (Phi) is 26.2. The maximum absolute atomic E-state index is 12.8. The number of hydrazine groups is 5. The normalized spacial score (nSPS) is 32.4. The van der Waals surface area contributed by atoms with E-state index in [0.29, 0.717) is 35.5 Å². The van der Waals surface area contributed by atoms with Crippen molar-refractivity contribution in [3.63, 3.8) is 0 Å². The van der Waals surface area contributed by atoms with E-state index in [9.17, 15) is 83.9 Å². The molecule has 0 radical (unpaired) electrons. The van der Waals surface area contributed by atoms with E-state index in [0.717, 1.165) is 126 Å². The number of allylic oxidation sites excluding steroid dienone is 6. The first-order valence-corrected chi connectivity index (χ1v) is 32.3. The summed E-state index contributed by atoms with van der Waals surface area (Å²) in [5.74, 6) is 12.2. The number of benzene rings is 2. The lowest BCUT2D eigenvalue weighted by Gasteiger charge is -2.42. The SMILES string of the molecule is C1=CC=CCC=C1.CC(=O)c1ccc(C(F)(F)F)cc1.CNN.CNN1C(=O)C=CC1=O.CNN1C(=O)[C@@H]2C3CCC([C@H]4C[C@@H]34)[C@@H]2C1=O.NN1C(=O)[C@@H]2C3CCC([C@H]4C[C@@H]34)[C@@H]2C1=O.O=C(NN1C(=O)[C@@H]2C3CCC([C@H]4C[C@@H]34)[C@@H]2C1=O)c1ccc(C(F)(F)F)cc1.O=C1C=CC(=O)O1.P.P.P. The molecular weight excluding hydrogens is 1370 g/mol. The molecule has 5 heterocycles. The van der Waals surface area contributed by atoms with Gasteiger partial charge in [-0.2, -0.15) is 61.0 Å². The van der Waals surface area contributed by atoms with Crippen LogP contribution in [-0.4, -0.2) is 112 Å². The number of nitrogens with zero attached hydrogens (tertiary/aromatic N) is 4. The topological polar surface area (TPSA) is 327 Å². The lowest BCUT2D eigenvalue weighted by molar-refractivity contribution is -0.151. The molecule has 6 bridgehead atoms. The fourth-order valence-corrected chi connectivity index (χ4v) is 17.3. The van der Waals surface area contributed by atoms with Gasteiger partial charge in [0.15, 0.2) is 5.78 Å². The zero-order valence-corrected chi connectivity index (χ0v) is 59.7. The van der Waals surface area contributed by atoms with Gasteiger partial charge in [0.2, 0.25) is 23.6 Å². The van der Waals surface area contributed by atoms with Crippen molar-refractivity contribution in [2.45, 2.75) is 83.5 Å². The van der Waals surface area contributed by atoms with Crippen LogP contribution >= 0.6 is 29.7 Å². The Hall–Kier alpha value is -7.35. The van der Waals surface area contributed by atoms with Crippen molar-refractivity contribution in [3.8, 4) is 0 Å². The molecule has 15 fully saturated rings. The van der Waals surface area contributed by atoms with Crippen molar-refractivity contribution in [1.29, 1.82) is 0 Å². The number of carbonyl (C=O) groups excluding carboxylic acids is 12. The predicted molar refractivity (Wildman–Crippen MR) is 362 cm³/mol. The number of amides is 9. The number of hydrogen-bond donors (Lipinski definition) is 6. The fraction of sp³-hybridized carbons (Fsp3) is 0.500. The van der Waals surface area contributed by atoms with Gasteiger partial charge < -0.3 is 4.74 Å². The summed E-state index contributed by atoms with van der Waals surface area (Å²) in [7, 11) is 4.83. The molecule has 9 unspecified atom stereocenters. The largest absolute Gasteiger partial charge is 0.416 e. The molecule has 0 aromatic heterocycles. The number of carbonyl (C=O) groups is 12. The Balaban J connectivity index is 0.000000170. The van der Waals surface area contributed by atoms with Crippen LogP contribution in [0.1, 0.15) is 103 Å². The van der Waals surface area contributed by atoms with E-state index < -0.39 is 41.3 Å². The minimum Gasteiger partial charge on any atom is -0.387 e. The molecule has 0 spiro atoms. The van der Waals surface area contributed by atoms with E-state index in [1.54, 1.807) is 14.1 Å². The molecule has 100 heavy (non-hydrogen) atoms. The first-order chi connectivity index (χ1) is 46.1. The number of rotatable bonds is 5. The third kappa shape index (κ3) is 16.4. The smallest absolute Gasteiger partial charge is 0.387 e. The number of alkyl halides is 6. The summed E-state index contributed by atoms with van der Waals surface area (Å²) in [6.07, 6.45) is 19.4. The molecule has 23 nitrogen and oxygen atoms in total. The Morgan fingerprint density at radius 3 is 1.01 bits per heavy atom. The summed E-state index contributed by atoms with van der Waals surface area (Å²) in [5, 5.41) is 3.91. The van der Waals surface area contributed by atoms with E-state index in [1.807, 2.05) is 12.2 Å². The lowest BCUT2D eigenvalue weighted by Crippen LogP contribution is -2.46. The van der Waals surface area contributed by atoms with Crippen molar-refractivity contribution in [1.82, 2.24) is 41.7 Å². The minimum absolute atomic E-state index is 0. The highest BCUT2D eigenvalue weighted by molar-refractivity contribution is 6.92. The Morgan fingerprint density at radius 2 is 0.740 bits per heavy atom. The molecule has 2 aromatic rings. The number of hydrogen-bond acceptors (Lipinski definition) is 18. The number of ether oxygens (including phenoxy) is 1. The van der Waals surface area contributed by atoms with Crippen LogP contribution < -0.4 is 33.4 Å². The van der Waals surface area contributed by atoms with E-state index in [2.05, 4.69) is 56.6 Å². The predicted octanol–water partition coefficient (Wildman–Crippen LogP) is 6.05. The molecule has 8 N–H and O–H groups in total. The molecule has 3 saturated heterocycles. The van der Waals surface area contributed by atoms with Crippen LogP contribution in [0, 0.1) is 107 Å². The van der Waals surface area contributed by atoms with Crippen LogP contribution in [-0.2, 0) is 65.0 Å². The Morgan fingerprint density at radius 1 is 0.440 bits per heavy atom. The number of Topliss-reactive ketones (excluding diaryl/α,β-unsaturated/α-hetero) is 1. The number of fused-ring (bicyclic) bond motifs is 3. The summed E-state index contributed by atoms with van der Waals surface area (Å²) in [5.41, 5.74) is 8.40. The van der Waals surface area contributed by atoms with Crippen LogP contribution in [0.4, 0.5) is 26.3 Å². The van der Waals surface area contributed by atoms with Crippen molar-refractivity contribution in [3.05, 3.63) is 132 Å². The highest BCUT2D eigenvalue weighted by atomic mass is 31.0. The summed E-state index contributed by atoms with van der Waals surface area (Å²) in [4.78, 5) is 138. The second kappa shape index (κ2) is 32.7. The van der Waals surface area contributed by atoms with Gasteiger partial charge in [-0.3, -0.25) is 64.6 Å². The van der Waals surface area contributed by atoms with Gasteiger partial charge in [-0.15, -0.1) is 0 Å². The molecule has 2 aromatic carbocycles. The van der Waals surface area contributed by atoms with Gasteiger partial charge in [-0.25, -0.2) is 41.3 Å². The number of halogens is 6. The highest BCUT2D eigenvalue weighted by Gasteiger charge is 2.71. The monoisotopic (exact) mass is 1460 g/mol. The molecule has 13 aliphatic carbocycles. The number of ketones is 1. The summed E-state index contributed by atoms with van der Waals surface area (Å²) >= 11 is 0. The number of nitrogens with one attached hydrogen (secondary N) is 4. The highest BCUT2D eigenvalue weighted by Crippen LogP contribution is 2.70. The second-order valence-corrected chi connectivity index (χ2v) is 26.4. The van der Waals surface area contributed by atoms with Gasteiger partial charge in [0.25, 0.3) is 29.5 Å². The fourth-order valence-electron chi connectivity index (χ4n) is 17.3. The van der Waals surface area contributed by atoms with Crippen molar-refractivity contribution in [2.75, 3.05) is 21.1 Å².